The number of unbranched alkanes of at least 4 members (excludes halogenated alkanes) is 1. The Hall–Kier alpha value is -2.58. The van der Waals surface area contributed by atoms with Gasteiger partial charge in [-0.2, -0.15) is 0 Å². The molecule has 31 heavy (non-hydrogen) atoms. The molecule has 0 amide bonds. The summed E-state index contributed by atoms with van der Waals surface area (Å²) in [7, 11) is 0. The van der Waals surface area contributed by atoms with Crippen molar-refractivity contribution in [2.24, 2.45) is 0 Å². The second-order valence-corrected chi connectivity index (χ2v) is 7.61. The summed E-state index contributed by atoms with van der Waals surface area (Å²) in [5.74, 6) is 1.10. The molecule has 1 heterocycles. The monoisotopic (exact) mass is 467 g/mol. The van der Waals surface area contributed by atoms with Crippen molar-refractivity contribution in [1.82, 2.24) is 20.2 Å². The average molecular weight is 468 g/mol. The number of benzene rings is 2. The fourth-order valence-corrected chi connectivity index (χ4v) is 3.40. The van der Waals surface area contributed by atoms with Crippen molar-refractivity contribution in [2.75, 3.05) is 11.9 Å². The topological polar surface area (TPSA) is 74.1 Å². The van der Waals surface area contributed by atoms with E-state index in [4.69, 9.17) is 32.7 Å². The van der Waals surface area contributed by atoms with Gasteiger partial charge in [0.2, 0.25) is 5.95 Å². The Kier molecular flexibility index (Phi) is 8.31. The lowest BCUT2D eigenvalue weighted by molar-refractivity contribution is 0.269. The van der Waals surface area contributed by atoms with E-state index in [1.165, 1.54) is 12.1 Å². The first-order valence-electron chi connectivity index (χ1n) is 10.0. The Balaban J connectivity index is 1.73. The molecule has 166 valence electrons. The number of nitrogens with zero attached hydrogens (tertiary/aromatic N) is 4. The molecule has 10 heteroatoms. The Morgan fingerprint density at radius 1 is 1.10 bits per heavy atom. The second kappa shape index (κ2) is 11.2. The zero-order chi connectivity index (χ0) is 22.2. The van der Waals surface area contributed by atoms with E-state index in [0.717, 1.165) is 24.9 Å². The number of nitrogens with one attached hydrogen (secondary N) is 1. The van der Waals surface area contributed by atoms with Crippen LogP contribution in [-0.2, 0) is 19.7 Å². The first kappa shape index (κ1) is 23.1. The Labute approximate surface area is 190 Å². The van der Waals surface area contributed by atoms with Gasteiger partial charge >= 0.3 is 0 Å². The molecule has 0 radical (unpaired) electrons. The molecule has 2 aromatic carbocycles. The number of anilines is 1. The van der Waals surface area contributed by atoms with E-state index in [9.17, 15) is 4.39 Å². The van der Waals surface area contributed by atoms with E-state index in [2.05, 4.69) is 27.8 Å². The highest BCUT2D eigenvalue weighted by atomic mass is 35.5. The molecule has 0 aliphatic heterocycles. The van der Waals surface area contributed by atoms with E-state index in [1.54, 1.807) is 16.8 Å². The molecule has 3 aromatic rings. The van der Waals surface area contributed by atoms with Crippen LogP contribution < -0.4 is 14.8 Å². The van der Waals surface area contributed by atoms with Crippen molar-refractivity contribution in [2.45, 2.75) is 46.4 Å². The summed E-state index contributed by atoms with van der Waals surface area (Å²) in [4.78, 5) is 0. The highest BCUT2D eigenvalue weighted by Gasteiger charge is 2.15. The molecule has 1 aromatic heterocycles. The Bertz CT molecular complexity index is 1020. The highest BCUT2D eigenvalue weighted by Crippen LogP contribution is 2.37. The molecule has 0 bridgehead atoms. The van der Waals surface area contributed by atoms with Gasteiger partial charge in [0.1, 0.15) is 12.4 Å². The minimum atomic E-state index is -0.403. The molecule has 0 atom stereocenters. The third kappa shape index (κ3) is 6.21. The summed E-state index contributed by atoms with van der Waals surface area (Å²) in [5.41, 5.74) is 1.52. The lowest BCUT2D eigenvalue weighted by atomic mass is 10.2. The third-order valence-corrected chi connectivity index (χ3v) is 5.09. The predicted octanol–water partition coefficient (Wildman–Crippen LogP) is 5.51. The van der Waals surface area contributed by atoms with Crippen LogP contribution >= 0.6 is 23.2 Å². The van der Waals surface area contributed by atoms with Gasteiger partial charge < -0.3 is 14.8 Å². The van der Waals surface area contributed by atoms with Crippen molar-refractivity contribution < 1.29 is 13.9 Å². The Morgan fingerprint density at radius 2 is 1.94 bits per heavy atom. The van der Waals surface area contributed by atoms with Gasteiger partial charge in [-0.15, -0.1) is 0 Å². The minimum absolute atomic E-state index is 0.128. The largest absolute Gasteiger partial charge is 0.490 e. The summed E-state index contributed by atoms with van der Waals surface area (Å²) in [6, 6.07) is 7.79. The maximum atomic E-state index is 13.3. The fraction of sp³-hybridized carbons (Fsp3) is 0.381. The van der Waals surface area contributed by atoms with Crippen LogP contribution in [0.25, 0.3) is 0 Å². The van der Waals surface area contributed by atoms with Crippen LogP contribution in [0, 0.1) is 5.82 Å². The Morgan fingerprint density at radius 3 is 2.68 bits per heavy atom. The molecule has 1 N–H and O–H groups in total. The van der Waals surface area contributed by atoms with Crippen LogP contribution in [0.15, 0.2) is 30.3 Å². The number of hydrogen-bond acceptors (Lipinski definition) is 6. The lowest BCUT2D eigenvalue weighted by Crippen LogP contribution is -2.09. The van der Waals surface area contributed by atoms with Gasteiger partial charge in [0.05, 0.1) is 16.7 Å². The quantitative estimate of drug-likeness (QED) is 0.400. The smallest absolute Gasteiger partial charge is 0.243 e. The van der Waals surface area contributed by atoms with E-state index in [-0.39, 0.29) is 11.6 Å². The maximum absolute atomic E-state index is 13.3. The number of aromatic nitrogens is 4. The van der Waals surface area contributed by atoms with Gasteiger partial charge in [0.15, 0.2) is 11.5 Å². The SMILES string of the molecule is CCCCn1nnnc1NCc1cc(Cl)c(OCc2ccc(F)cc2Cl)c(OCC)c1. The molecule has 0 spiro atoms. The van der Waals surface area contributed by atoms with E-state index >= 15 is 0 Å². The van der Waals surface area contributed by atoms with Crippen LogP contribution in [0.3, 0.4) is 0 Å². The second-order valence-electron chi connectivity index (χ2n) is 6.80. The van der Waals surface area contributed by atoms with Crippen LogP contribution in [0.2, 0.25) is 10.0 Å². The van der Waals surface area contributed by atoms with Crippen molar-refractivity contribution in [3.63, 3.8) is 0 Å². The predicted molar refractivity (Wildman–Crippen MR) is 118 cm³/mol. The average Bonchev–Trinajstić information content (AvgIpc) is 3.19. The summed E-state index contributed by atoms with van der Waals surface area (Å²) >= 11 is 12.6. The standard InChI is InChI=1S/C21H24Cl2FN5O2/c1-3-5-8-29-21(26-27-28-29)25-12-14-9-18(23)20(19(10-14)30-4-2)31-13-15-6-7-16(24)11-17(15)22/h6-7,9-11H,3-5,8,12-13H2,1-2H3,(H,25,26,28). The van der Waals surface area contributed by atoms with Gasteiger partial charge in [0, 0.05) is 18.7 Å². The number of hydrogen-bond donors (Lipinski definition) is 1. The van der Waals surface area contributed by atoms with Crippen molar-refractivity contribution in [3.05, 3.63) is 57.3 Å². The van der Waals surface area contributed by atoms with Gasteiger partial charge in [-0.1, -0.05) is 47.7 Å². The van der Waals surface area contributed by atoms with Crippen LogP contribution in [0.1, 0.15) is 37.8 Å². The first-order valence-corrected chi connectivity index (χ1v) is 10.8. The number of tetrazole rings is 1. The van der Waals surface area contributed by atoms with Crippen molar-refractivity contribution in [3.8, 4) is 11.5 Å². The van der Waals surface area contributed by atoms with Gasteiger partial charge in [-0.25, -0.2) is 9.07 Å². The molecule has 3 rings (SSSR count). The van der Waals surface area contributed by atoms with Crippen LogP contribution in [-0.4, -0.2) is 26.8 Å². The van der Waals surface area contributed by atoms with Gasteiger partial charge in [-0.3, -0.25) is 0 Å². The number of ether oxygens (including phenoxy) is 2. The van der Waals surface area contributed by atoms with Crippen molar-refractivity contribution in [1.29, 1.82) is 0 Å². The van der Waals surface area contributed by atoms with E-state index < -0.39 is 5.82 Å². The number of aryl methyl sites for hydroxylation is 1. The maximum Gasteiger partial charge on any atom is 0.243 e. The molecule has 0 saturated heterocycles. The molecule has 0 saturated carbocycles. The van der Waals surface area contributed by atoms with E-state index in [0.29, 0.717) is 41.2 Å². The molecule has 0 unspecified atom stereocenters. The minimum Gasteiger partial charge on any atom is -0.490 e. The summed E-state index contributed by atoms with van der Waals surface area (Å²) < 4.78 is 26.6. The van der Waals surface area contributed by atoms with Gasteiger partial charge in [-0.05, 0) is 53.6 Å². The zero-order valence-corrected chi connectivity index (χ0v) is 18.9. The van der Waals surface area contributed by atoms with Crippen molar-refractivity contribution >= 4 is 29.2 Å². The first-order chi connectivity index (χ1) is 15.0. The molecule has 0 aliphatic rings. The third-order valence-electron chi connectivity index (χ3n) is 4.46. The van der Waals surface area contributed by atoms with Crippen LogP contribution in [0.5, 0.6) is 11.5 Å². The summed E-state index contributed by atoms with van der Waals surface area (Å²) in [5, 5.41) is 15.7. The molecular weight excluding hydrogens is 444 g/mol. The van der Waals surface area contributed by atoms with Gasteiger partial charge in [0.25, 0.3) is 0 Å². The summed E-state index contributed by atoms with van der Waals surface area (Å²) in [6.45, 7) is 5.76. The molecule has 7 nitrogen and oxygen atoms in total. The van der Waals surface area contributed by atoms with Crippen LogP contribution in [0.4, 0.5) is 10.3 Å². The summed E-state index contributed by atoms with van der Waals surface area (Å²) in [6.07, 6.45) is 2.04. The molecule has 0 fully saturated rings. The zero-order valence-electron chi connectivity index (χ0n) is 17.4. The normalized spacial score (nSPS) is 10.9. The number of halogens is 3. The molecular formula is C21H24Cl2FN5O2. The molecule has 0 aliphatic carbocycles. The highest BCUT2D eigenvalue weighted by molar-refractivity contribution is 6.32. The van der Waals surface area contributed by atoms with E-state index in [1.807, 2.05) is 13.0 Å². The lowest BCUT2D eigenvalue weighted by Gasteiger charge is -2.16. The number of rotatable bonds is 11. The fourth-order valence-electron chi connectivity index (χ4n) is 2.89.